The van der Waals surface area contributed by atoms with Crippen molar-refractivity contribution in [2.24, 2.45) is 0 Å². The maximum atomic E-state index is 13.5. The van der Waals surface area contributed by atoms with Crippen LogP contribution in [0.4, 0.5) is 8.78 Å². The average Bonchev–Trinajstić information content (AvgIpc) is 3.22. The Morgan fingerprint density at radius 2 is 2.10 bits per heavy atom. The van der Waals surface area contributed by atoms with Gasteiger partial charge in [-0.3, -0.25) is 0 Å². The first-order valence-electron chi connectivity index (χ1n) is 7.01. The molecule has 0 aliphatic heterocycles. The van der Waals surface area contributed by atoms with Gasteiger partial charge in [-0.2, -0.15) is 0 Å². The maximum Gasteiger partial charge on any atom is 0.165 e. The SMILES string of the molecule is Cc1oc(CNC2CC2)cc1COc1cc(F)ccc1F. The van der Waals surface area contributed by atoms with E-state index in [9.17, 15) is 8.78 Å². The second-order valence-electron chi connectivity index (χ2n) is 5.31. The Kier molecular flexibility index (Phi) is 3.92. The number of rotatable bonds is 6. The summed E-state index contributed by atoms with van der Waals surface area (Å²) in [5.74, 6) is 0.378. The summed E-state index contributed by atoms with van der Waals surface area (Å²) in [5, 5.41) is 3.36. The Morgan fingerprint density at radius 3 is 2.86 bits per heavy atom. The molecule has 0 unspecified atom stereocenters. The zero-order valence-corrected chi connectivity index (χ0v) is 11.8. The fourth-order valence-corrected chi connectivity index (χ4v) is 2.09. The Morgan fingerprint density at radius 1 is 1.29 bits per heavy atom. The summed E-state index contributed by atoms with van der Waals surface area (Å²) in [6.45, 7) is 2.67. The van der Waals surface area contributed by atoms with Crippen LogP contribution in [0.5, 0.6) is 5.75 Å². The summed E-state index contributed by atoms with van der Waals surface area (Å²) in [7, 11) is 0. The van der Waals surface area contributed by atoms with Crippen molar-refractivity contribution in [3.63, 3.8) is 0 Å². The molecule has 0 saturated heterocycles. The standard InChI is InChI=1S/C16H17F2NO2/c1-10-11(6-14(21-10)8-19-13-3-4-13)9-20-16-7-12(17)2-5-15(16)18/h2,5-7,13,19H,3-4,8-9H2,1H3. The van der Waals surface area contributed by atoms with Gasteiger partial charge in [0.05, 0.1) is 6.54 Å². The highest BCUT2D eigenvalue weighted by Gasteiger charge is 2.21. The van der Waals surface area contributed by atoms with Crippen molar-refractivity contribution in [2.45, 2.75) is 39.0 Å². The molecular formula is C16H17F2NO2. The average molecular weight is 293 g/mol. The zero-order valence-electron chi connectivity index (χ0n) is 11.8. The third kappa shape index (κ3) is 3.61. The molecule has 0 amide bonds. The number of ether oxygens (including phenoxy) is 1. The third-order valence-electron chi connectivity index (χ3n) is 3.49. The molecular weight excluding hydrogens is 276 g/mol. The minimum absolute atomic E-state index is 0.0896. The van der Waals surface area contributed by atoms with E-state index < -0.39 is 11.6 Å². The van der Waals surface area contributed by atoms with Crippen LogP contribution in [0.3, 0.4) is 0 Å². The van der Waals surface area contributed by atoms with E-state index >= 15 is 0 Å². The number of halogens is 2. The molecule has 3 nitrogen and oxygen atoms in total. The van der Waals surface area contributed by atoms with Crippen molar-refractivity contribution in [3.05, 3.63) is 53.0 Å². The number of benzene rings is 1. The van der Waals surface area contributed by atoms with Crippen molar-refractivity contribution < 1.29 is 17.9 Å². The molecule has 1 heterocycles. The van der Waals surface area contributed by atoms with Gasteiger partial charge >= 0.3 is 0 Å². The first-order chi connectivity index (χ1) is 10.1. The second kappa shape index (κ2) is 5.85. The molecule has 21 heavy (non-hydrogen) atoms. The van der Waals surface area contributed by atoms with Gasteiger partial charge in [-0.1, -0.05) is 0 Å². The Labute approximate surface area is 121 Å². The van der Waals surface area contributed by atoms with Crippen LogP contribution in [0.2, 0.25) is 0 Å². The fraction of sp³-hybridized carbons (Fsp3) is 0.375. The van der Waals surface area contributed by atoms with Crippen molar-refractivity contribution in [3.8, 4) is 5.75 Å². The lowest BCUT2D eigenvalue weighted by molar-refractivity contribution is 0.286. The molecule has 1 aromatic heterocycles. The van der Waals surface area contributed by atoms with Gasteiger partial charge in [-0.15, -0.1) is 0 Å². The quantitative estimate of drug-likeness (QED) is 0.882. The van der Waals surface area contributed by atoms with E-state index in [0.717, 1.165) is 35.3 Å². The molecule has 1 saturated carbocycles. The topological polar surface area (TPSA) is 34.4 Å². The van der Waals surface area contributed by atoms with Crippen LogP contribution in [0.1, 0.15) is 29.9 Å². The van der Waals surface area contributed by atoms with Crippen LogP contribution in [0.15, 0.2) is 28.7 Å². The number of hydrogen-bond donors (Lipinski definition) is 1. The molecule has 0 atom stereocenters. The minimum atomic E-state index is -0.576. The predicted molar refractivity (Wildman–Crippen MR) is 74.0 cm³/mol. The molecule has 0 bridgehead atoms. The minimum Gasteiger partial charge on any atom is -0.486 e. The molecule has 2 aromatic rings. The fourth-order valence-electron chi connectivity index (χ4n) is 2.09. The van der Waals surface area contributed by atoms with Gasteiger partial charge in [0.15, 0.2) is 11.6 Å². The number of aryl methyl sites for hydroxylation is 1. The maximum absolute atomic E-state index is 13.5. The second-order valence-corrected chi connectivity index (χ2v) is 5.31. The van der Waals surface area contributed by atoms with E-state index in [1.807, 2.05) is 13.0 Å². The summed E-state index contributed by atoms with van der Waals surface area (Å²) >= 11 is 0. The Balaban J connectivity index is 1.62. The summed E-state index contributed by atoms with van der Waals surface area (Å²) in [6, 6.07) is 5.66. The normalized spacial score (nSPS) is 14.4. The summed E-state index contributed by atoms with van der Waals surface area (Å²) in [5.41, 5.74) is 0.839. The first-order valence-corrected chi connectivity index (χ1v) is 7.01. The van der Waals surface area contributed by atoms with E-state index in [4.69, 9.17) is 9.15 Å². The van der Waals surface area contributed by atoms with Gasteiger partial charge in [0.2, 0.25) is 0 Å². The van der Waals surface area contributed by atoms with Crippen molar-refractivity contribution in [2.75, 3.05) is 0 Å². The largest absolute Gasteiger partial charge is 0.486 e. The summed E-state index contributed by atoms with van der Waals surface area (Å²) in [4.78, 5) is 0. The third-order valence-corrected chi connectivity index (χ3v) is 3.49. The molecule has 0 radical (unpaired) electrons. The van der Waals surface area contributed by atoms with Crippen LogP contribution in [-0.4, -0.2) is 6.04 Å². The number of furan rings is 1. The van der Waals surface area contributed by atoms with E-state index in [2.05, 4.69) is 5.32 Å². The van der Waals surface area contributed by atoms with Gasteiger partial charge in [0.25, 0.3) is 0 Å². The first kappa shape index (κ1) is 14.1. The van der Waals surface area contributed by atoms with Gasteiger partial charge in [0, 0.05) is 17.7 Å². The molecule has 3 rings (SSSR count). The summed E-state index contributed by atoms with van der Waals surface area (Å²) < 4.78 is 37.5. The highest BCUT2D eigenvalue weighted by Crippen LogP contribution is 2.23. The Hall–Kier alpha value is -1.88. The van der Waals surface area contributed by atoms with Crippen LogP contribution in [0.25, 0.3) is 0 Å². The van der Waals surface area contributed by atoms with Gasteiger partial charge in [-0.05, 0) is 38.0 Å². The Bertz CT molecular complexity index is 635. The highest BCUT2D eigenvalue weighted by molar-refractivity contribution is 5.26. The van der Waals surface area contributed by atoms with E-state index in [1.165, 1.54) is 12.8 Å². The molecule has 1 N–H and O–H groups in total. The van der Waals surface area contributed by atoms with E-state index in [1.54, 1.807) is 0 Å². The smallest absolute Gasteiger partial charge is 0.165 e. The number of nitrogens with one attached hydrogen (secondary N) is 1. The van der Waals surface area contributed by atoms with Crippen molar-refractivity contribution in [1.82, 2.24) is 5.32 Å². The van der Waals surface area contributed by atoms with Crippen molar-refractivity contribution >= 4 is 0 Å². The van der Waals surface area contributed by atoms with Gasteiger partial charge < -0.3 is 14.5 Å². The molecule has 112 valence electrons. The molecule has 1 aliphatic rings. The van der Waals surface area contributed by atoms with Crippen LogP contribution >= 0.6 is 0 Å². The van der Waals surface area contributed by atoms with Crippen LogP contribution in [0, 0.1) is 18.6 Å². The molecule has 1 aliphatic carbocycles. The van der Waals surface area contributed by atoms with E-state index in [0.29, 0.717) is 12.6 Å². The lowest BCUT2D eigenvalue weighted by Crippen LogP contribution is -2.14. The molecule has 0 spiro atoms. The molecule has 1 aromatic carbocycles. The predicted octanol–water partition coefficient (Wildman–Crippen LogP) is 3.70. The zero-order chi connectivity index (χ0) is 14.8. The van der Waals surface area contributed by atoms with Crippen LogP contribution in [-0.2, 0) is 13.2 Å². The highest BCUT2D eigenvalue weighted by atomic mass is 19.1. The lowest BCUT2D eigenvalue weighted by atomic mass is 10.2. The lowest BCUT2D eigenvalue weighted by Gasteiger charge is -2.06. The van der Waals surface area contributed by atoms with E-state index in [-0.39, 0.29) is 12.4 Å². The monoisotopic (exact) mass is 293 g/mol. The van der Waals surface area contributed by atoms with Gasteiger partial charge in [-0.25, -0.2) is 8.78 Å². The van der Waals surface area contributed by atoms with Gasteiger partial charge in [0.1, 0.15) is 23.9 Å². The molecule has 1 fully saturated rings. The van der Waals surface area contributed by atoms with Crippen molar-refractivity contribution in [1.29, 1.82) is 0 Å². The summed E-state index contributed by atoms with van der Waals surface area (Å²) in [6.07, 6.45) is 2.43. The van der Waals surface area contributed by atoms with Crippen LogP contribution < -0.4 is 10.1 Å². The molecule has 5 heteroatoms. The number of hydrogen-bond acceptors (Lipinski definition) is 3.